The minimum atomic E-state index is -3.66. The van der Waals surface area contributed by atoms with E-state index in [0.717, 1.165) is 26.8 Å². The molecule has 1 aliphatic rings. The number of hydrogen-bond acceptors (Lipinski definition) is 2. The van der Waals surface area contributed by atoms with Crippen LogP contribution in [0.3, 0.4) is 0 Å². The van der Waals surface area contributed by atoms with E-state index in [0.29, 0.717) is 6.07 Å². The van der Waals surface area contributed by atoms with Gasteiger partial charge in [0.1, 0.15) is 29.4 Å². The number of hydrogen-bond donors (Lipinski definition) is 1. The molecule has 1 aliphatic heterocycles. The molecule has 1 unspecified atom stereocenters. The summed E-state index contributed by atoms with van der Waals surface area (Å²) in [5.74, 6) is -6.58. The van der Waals surface area contributed by atoms with Gasteiger partial charge in [0.05, 0.1) is 4.47 Å². The monoisotopic (exact) mass is 383 g/mol. The van der Waals surface area contributed by atoms with Gasteiger partial charge in [-0.15, -0.1) is 0 Å². The van der Waals surface area contributed by atoms with Gasteiger partial charge in [-0.1, -0.05) is 0 Å². The number of benzene rings is 1. The van der Waals surface area contributed by atoms with Crippen LogP contribution in [0.4, 0.5) is 17.6 Å². The molecule has 0 aromatic heterocycles. The van der Waals surface area contributed by atoms with Crippen molar-refractivity contribution in [2.45, 2.75) is 37.8 Å². The van der Waals surface area contributed by atoms with Crippen LogP contribution < -0.4 is 5.32 Å². The van der Waals surface area contributed by atoms with Crippen LogP contribution in [0.15, 0.2) is 16.6 Å². The third-order valence-corrected chi connectivity index (χ3v) is 4.49. The van der Waals surface area contributed by atoms with Crippen molar-refractivity contribution in [3.8, 4) is 0 Å². The van der Waals surface area contributed by atoms with Crippen LogP contribution in [0, 0.1) is 11.6 Å². The van der Waals surface area contributed by atoms with Gasteiger partial charge in [0, 0.05) is 11.6 Å². The number of carbonyl (C=O) groups is 1. The van der Waals surface area contributed by atoms with E-state index < -0.39 is 46.8 Å². The topological polar surface area (TPSA) is 38.3 Å². The van der Waals surface area contributed by atoms with E-state index in [1.165, 1.54) is 0 Å². The number of nitrogens with one attached hydrogen (secondary N) is 1. The summed E-state index contributed by atoms with van der Waals surface area (Å²) in [6.45, 7) is 2.64. The Morgan fingerprint density at radius 2 is 1.77 bits per heavy atom. The van der Waals surface area contributed by atoms with Crippen LogP contribution in [0.1, 0.15) is 26.3 Å². The molecule has 1 aromatic carbocycles. The van der Waals surface area contributed by atoms with E-state index in [4.69, 9.17) is 4.74 Å². The first-order valence-electron chi connectivity index (χ1n) is 6.40. The van der Waals surface area contributed by atoms with Gasteiger partial charge in [0.25, 0.3) is 0 Å². The Hall–Kier alpha value is -1.15. The van der Waals surface area contributed by atoms with Gasteiger partial charge in [-0.3, -0.25) is 4.79 Å². The van der Waals surface area contributed by atoms with Gasteiger partial charge < -0.3 is 10.1 Å². The predicted octanol–water partition coefficient (Wildman–Crippen LogP) is 3.50. The Labute approximate surface area is 133 Å². The summed E-state index contributed by atoms with van der Waals surface area (Å²) in [5, 5.41) is 2.11. The van der Waals surface area contributed by atoms with Crippen molar-refractivity contribution in [1.82, 2.24) is 5.32 Å². The maximum Gasteiger partial charge on any atom is 0.302 e. The second-order valence-corrected chi connectivity index (χ2v) is 6.65. The zero-order valence-electron chi connectivity index (χ0n) is 12.1. The molecule has 1 atom stereocenters. The predicted molar refractivity (Wildman–Crippen MR) is 74.5 cm³/mol. The molecule has 22 heavy (non-hydrogen) atoms. The highest BCUT2D eigenvalue weighted by molar-refractivity contribution is 9.10. The van der Waals surface area contributed by atoms with E-state index in [1.54, 1.807) is 0 Å². The number of halogens is 5. The van der Waals surface area contributed by atoms with Gasteiger partial charge >= 0.3 is 5.92 Å². The summed E-state index contributed by atoms with van der Waals surface area (Å²) in [6.07, 6.45) is 0. The quantitative estimate of drug-likeness (QED) is 0.595. The Bertz CT molecular complexity index is 636. The van der Waals surface area contributed by atoms with Crippen molar-refractivity contribution in [2.75, 3.05) is 6.61 Å². The fraction of sp³-hybridized carbons (Fsp3) is 0.500. The fourth-order valence-corrected chi connectivity index (χ4v) is 2.82. The van der Waals surface area contributed by atoms with Crippen molar-refractivity contribution in [3.05, 3.63) is 33.8 Å². The standard InChI is InChI=1S/C14H14BrF4NO2/c1-12(2)14(18,19)13(3,20-11(21)6-22-12)7-4-8(15)10(17)5-9(7)16/h4-5H,6H2,1-3H3,(H,20,21). The molecule has 0 radical (unpaired) electrons. The summed E-state index contributed by atoms with van der Waals surface area (Å²) < 4.78 is 62.2. The van der Waals surface area contributed by atoms with Gasteiger partial charge in [-0.05, 0) is 42.8 Å². The number of carbonyl (C=O) groups excluding carboxylic acids is 1. The smallest absolute Gasteiger partial charge is 0.302 e. The molecule has 122 valence electrons. The molecule has 1 fully saturated rings. The lowest BCUT2D eigenvalue weighted by Gasteiger charge is -2.43. The molecule has 1 N–H and O–H groups in total. The largest absolute Gasteiger partial charge is 0.359 e. The van der Waals surface area contributed by atoms with Crippen molar-refractivity contribution in [2.24, 2.45) is 0 Å². The van der Waals surface area contributed by atoms with Gasteiger partial charge in [0.2, 0.25) is 5.91 Å². The third kappa shape index (κ3) is 2.42. The van der Waals surface area contributed by atoms with E-state index in [-0.39, 0.29) is 4.47 Å². The average molecular weight is 384 g/mol. The number of alkyl halides is 2. The average Bonchev–Trinajstić information content (AvgIpc) is 2.44. The Morgan fingerprint density at radius 1 is 1.18 bits per heavy atom. The molecule has 1 aromatic rings. The van der Waals surface area contributed by atoms with E-state index in [9.17, 15) is 22.4 Å². The molecule has 1 saturated heterocycles. The molecule has 0 saturated carbocycles. The molecule has 1 heterocycles. The van der Waals surface area contributed by atoms with Crippen LogP contribution in [0.25, 0.3) is 0 Å². The molecule has 0 aliphatic carbocycles. The number of rotatable bonds is 1. The SMILES string of the molecule is CC1(C)OCC(=O)NC(C)(c2cc(Br)c(F)cc2F)C1(F)F. The first kappa shape index (κ1) is 17.2. The summed E-state index contributed by atoms with van der Waals surface area (Å²) in [6, 6.07) is 1.39. The summed E-state index contributed by atoms with van der Waals surface area (Å²) >= 11 is 2.84. The maximum absolute atomic E-state index is 14.9. The Morgan fingerprint density at radius 3 is 2.36 bits per heavy atom. The van der Waals surface area contributed by atoms with E-state index in [2.05, 4.69) is 21.2 Å². The molecule has 0 bridgehead atoms. The van der Waals surface area contributed by atoms with Crippen LogP contribution in [-0.4, -0.2) is 24.0 Å². The third-order valence-electron chi connectivity index (χ3n) is 3.89. The molecular weight excluding hydrogens is 370 g/mol. The highest BCUT2D eigenvalue weighted by atomic mass is 79.9. The van der Waals surface area contributed by atoms with Crippen molar-refractivity contribution < 1.29 is 27.1 Å². The Kier molecular flexibility index (Phi) is 4.06. The Balaban J connectivity index is 2.72. The fourth-order valence-electron chi connectivity index (χ4n) is 2.47. The van der Waals surface area contributed by atoms with Crippen molar-refractivity contribution in [1.29, 1.82) is 0 Å². The lowest BCUT2D eigenvalue weighted by atomic mass is 9.77. The zero-order chi connectivity index (χ0) is 16.9. The molecule has 2 rings (SSSR count). The van der Waals surface area contributed by atoms with E-state index >= 15 is 0 Å². The minimum Gasteiger partial charge on any atom is -0.359 e. The number of amides is 1. The molecule has 3 nitrogen and oxygen atoms in total. The lowest BCUT2D eigenvalue weighted by molar-refractivity contribution is -0.216. The zero-order valence-corrected chi connectivity index (χ0v) is 13.7. The summed E-state index contributed by atoms with van der Waals surface area (Å²) in [7, 11) is 0. The van der Waals surface area contributed by atoms with Gasteiger partial charge in [0.15, 0.2) is 0 Å². The van der Waals surface area contributed by atoms with Crippen LogP contribution in [0.2, 0.25) is 0 Å². The maximum atomic E-state index is 14.9. The summed E-state index contributed by atoms with van der Waals surface area (Å²) in [4.78, 5) is 11.7. The minimum absolute atomic E-state index is 0.182. The highest BCUT2D eigenvalue weighted by Gasteiger charge is 2.64. The number of ether oxygens (including phenoxy) is 1. The summed E-state index contributed by atoms with van der Waals surface area (Å²) in [5.41, 5.74) is -4.96. The van der Waals surface area contributed by atoms with Crippen LogP contribution in [0.5, 0.6) is 0 Å². The second-order valence-electron chi connectivity index (χ2n) is 5.79. The molecule has 8 heteroatoms. The first-order valence-corrected chi connectivity index (χ1v) is 7.19. The van der Waals surface area contributed by atoms with Crippen molar-refractivity contribution >= 4 is 21.8 Å². The van der Waals surface area contributed by atoms with Crippen LogP contribution >= 0.6 is 15.9 Å². The van der Waals surface area contributed by atoms with Crippen molar-refractivity contribution in [3.63, 3.8) is 0 Å². The van der Waals surface area contributed by atoms with Crippen LogP contribution in [-0.2, 0) is 15.1 Å². The molecule has 0 spiro atoms. The van der Waals surface area contributed by atoms with E-state index in [1.807, 2.05) is 0 Å². The second kappa shape index (κ2) is 5.19. The molecule has 1 amide bonds. The normalized spacial score (nSPS) is 27.2. The first-order chi connectivity index (χ1) is 9.92. The lowest BCUT2D eigenvalue weighted by Crippen LogP contribution is -2.62. The van der Waals surface area contributed by atoms with Gasteiger partial charge in [-0.2, -0.15) is 0 Å². The molecular formula is C14H14BrF4NO2. The highest BCUT2D eigenvalue weighted by Crippen LogP contribution is 2.48. The van der Waals surface area contributed by atoms with Gasteiger partial charge in [-0.25, -0.2) is 17.6 Å².